The van der Waals surface area contributed by atoms with Crippen LogP contribution in [0.2, 0.25) is 0 Å². The fourth-order valence-corrected chi connectivity index (χ4v) is 1.33. The second-order valence-corrected chi connectivity index (χ2v) is 3.10. The smallest absolute Gasteiger partial charge is 0.150 e. The Labute approximate surface area is 86.4 Å². The monoisotopic (exact) mass is 201 g/mol. The molecule has 1 heterocycles. The zero-order valence-electron chi connectivity index (χ0n) is 7.85. The largest absolute Gasteiger partial charge is 0.298 e. The van der Waals surface area contributed by atoms with Crippen molar-refractivity contribution in [3.63, 3.8) is 0 Å². The summed E-state index contributed by atoms with van der Waals surface area (Å²) in [5.41, 5.74) is 1.79. The van der Waals surface area contributed by atoms with Crippen LogP contribution in [0.3, 0.4) is 0 Å². The number of pyridine rings is 1. The van der Waals surface area contributed by atoms with Crippen LogP contribution in [0.1, 0.15) is 10.4 Å². The molecule has 74 valence electrons. The molecule has 0 saturated carbocycles. The van der Waals surface area contributed by atoms with Crippen molar-refractivity contribution in [2.45, 2.75) is 0 Å². The van der Waals surface area contributed by atoms with Gasteiger partial charge in [-0.3, -0.25) is 9.78 Å². The van der Waals surface area contributed by atoms with Crippen LogP contribution in [-0.4, -0.2) is 11.3 Å². The topological polar surface area (TPSA) is 30.0 Å². The average Bonchev–Trinajstić information content (AvgIpc) is 2.29. The summed E-state index contributed by atoms with van der Waals surface area (Å²) in [4.78, 5) is 14.6. The average molecular weight is 201 g/mol. The third kappa shape index (κ3) is 2.07. The van der Waals surface area contributed by atoms with Gasteiger partial charge in [0.05, 0.1) is 5.69 Å². The number of aldehydes is 1. The first-order valence-electron chi connectivity index (χ1n) is 4.47. The number of rotatable bonds is 2. The maximum Gasteiger partial charge on any atom is 0.150 e. The zero-order chi connectivity index (χ0) is 10.7. The Bertz CT molecular complexity index is 496. The summed E-state index contributed by atoms with van der Waals surface area (Å²) in [7, 11) is 0. The number of carbonyl (C=O) groups excluding carboxylic acids is 1. The molecule has 0 amide bonds. The molecule has 0 N–H and O–H groups in total. The molecule has 0 aliphatic rings. The summed E-state index contributed by atoms with van der Waals surface area (Å²) < 4.78 is 12.9. The number of nitrogens with zero attached hydrogens (tertiary/aromatic N) is 1. The van der Waals surface area contributed by atoms with Crippen molar-refractivity contribution in [2.75, 3.05) is 0 Å². The van der Waals surface area contributed by atoms with Gasteiger partial charge in [-0.25, -0.2) is 4.39 Å². The highest BCUT2D eigenvalue weighted by Gasteiger charge is 2.01. The van der Waals surface area contributed by atoms with Gasteiger partial charge in [0.25, 0.3) is 0 Å². The summed E-state index contributed by atoms with van der Waals surface area (Å²) in [5, 5.41) is 0. The van der Waals surface area contributed by atoms with Gasteiger partial charge in [0.1, 0.15) is 12.1 Å². The molecular formula is C12H8FNO. The lowest BCUT2D eigenvalue weighted by molar-refractivity contribution is 0.112. The van der Waals surface area contributed by atoms with Gasteiger partial charge in [0, 0.05) is 17.3 Å². The molecule has 0 spiro atoms. The van der Waals surface area contributed by atoms with Gasteiger partial charge in [0.2, 0.25) is 0 Å². The van der Waals surface area contributed by atoms with Crippen molar-refractivity contribution in [3.8, 4) is 11.3 Å². The molecule has 0 atom stereocenters. The van der Waals surface area contributed by atoms with Gasteiger partial charge in [0.15, 0.2) is 0 Å². The van der Waals surface area contributed by atoms with Gasteiger partial charge >= 0.3 is 0 Å². The summed E-state index contributed by atoms with van der Waals surface area (Å²) in [6.45, 7) is 0. The number of benzene rings is 1. The molecule has 0 bridgehead atoms. The lowest BCUT2D eigenvalue weighted by Crippen LogP contribution is -1.87. The Morgan fingerprint density at radius 2 is 2.07 bits per heavy atom. The van der Waals surface area contributed by atoms with Crippen LogP contribution >= 0.6 is 0 Å². The van der Waals surface area contributed by atoms with Gasteiger partial charge in [-0.15, -0.1) is 0 Å². The molecule has 0 saturated heterocycles. The van der Waals surface area contributed by atoms with E-state index in [-0.39, 0.29) is 5.82 Å². The van der Waals surface area contributed by atoms with Crippen LogP contribution in [-0.2, 0) is 0 Å². The van der Waals surface area contributed by atoms with Crippen LogP contribution in [0, 0.1) is 5.82 Å². The molecule has 1 aromatic heterocycles. The number of aromatic nitrogens is 1. The van der Waals surface area contributed by atoms with E-state index in [0.717, 1.165) is 6.29 Å². The predicted molar refractivity (Wildman–Crippen MR) is 55.0 cm³/mol. The Hall–Kier alpha value is -2.03. The first-order valence-corrected chi connectivity index (χ1v) is 4.47. The van der Waals surface area contributed by atoms with Crippen molar-refractivity contribution in [3.05, 3.63) is 54.0 Å². The summed E-state index contributed by atoms with van der Waals surface area (Å²) in [6, 6.07) is 9.35. The molecule has 0 aliphatic heterocycles. The first-order chi connectivity index (χ1) is 7.29. The molecule has 2 rings (SSSR count). The summed E-state index contributed by atoms with van der Waals surface area (Å²) in [6.07, 6.45) is 2.27. The van der Waals surface area contributed by atoms with E-state index in [0.29, 0.717) is 16.8 Å². The van der Waals surface area contributed by atoms with Gasteiger partial charge in [-0.1, -0.05) is 12.1 Å². The normalized spacial score (nSPS) is 9.93. The molecule has 0 radical (unpaired) electrons. The van der Waals surface area contributed by atoms with E-state index >= 15 is 0 Å². The fraction of sp³-hybridized carbons (Fsp3) is 0. The van der Waals surface area contributed by atoms with Gasteiger partial charge < -0.3 is 0 Å². The number of halogens is 1. The Morgan fingerprint density at radius 1 is 1.20 bits per heavy atom. The maximum atomic E-state index is 12.9. The standard InChI is InChI=1S/C12H8FNO/c13-11-3-1-2-10(7-11)12-6-9(8-15)4-5-14-12/h1-8H. The molecule has 0 unspecified atom stereocenters. The van der Waals surface area contributed by atoms with Crippen molar-refractivity contribution < 1.29 is 9.18 Å². The Balaban J connectivity index is 2.49. The van der Waals surface area contributed by atoms with E-state index < -0.39 is 0 Å². The zero-order valence-corrected chi connectivity index (χ0v) is 7.85. The van der Waals surface area contributed by atoms with Crippen molar-refractivity contribution in [1.29, 1.82) is 0 Å². The summed E-state index contributed by atoms with van der Waals surface area (Å²) >= 11 is 0. The van der Waals surface area contributed by atoms with Crippen LogP contribution in [0.4, 0.5) is 4.39 Å². The number of carbonyl (C=O) groups is 1. The van der Waals surface area contributed by atoms with Crippen LogP contribution in [0.5, 0.6) is 0 Å². The highest BCUT2D eigenvalue weighted by Crippen LogP contribution is 2.17. The molecule has 15 heavy (non-hydrogen) atoms. The minimum atomic E-state index is -0.314. The van der Waals surface area contributed by atoms with Crippen LogP contribution in [0.25, 0.3) is 11.3 Å². The van der Waals surface area contributed by atoms with Crippen molar-refractivity contribution in [2.24, 2.45) is 0 Å². The Morgan fingerprint density at radius 3 is 2.80 bits per heavy atom. The highest BCUT2D eigenvalue weighted by atomic mass is 19.1. The van der Waals surface area contributed by atoms with Crippen molar-refractivity contribution >= 4 is 6.29 Å². The summed E-state index contributed by atoms with van der Waals surface area (Å²) in [5.74, 6) is -0.314. The number of hydrogen-bond acceptors (Lipinski definition) is 2. The SMILES string of the molecule is O=Cc1ccnc(-c2cccc(F)c2)c1. The van der Waals surface area contributed by atoms with Crippen molar-refractivity contribution in [1.82, 2.24) is 4.98 Å². The molecule has 2 nitrogen and oxygen atoms in total. The maximum absolute atomic E-state index is 12.9. The molecule has 1 aromatic carbocycles. The van der Waals surface area contributed by atoms with E-state index in [9.17, 15) is 9.18 Å². The second kappa shape index (κ2) is 4.00. The number of hydrogen-bond donors (Lipinski definition) is 0. The lowest BCUT2D eigenvalue weighted by atomic mass is 10.1. The predicted octanol–water partition coefficient (Wildman–Crippen LogP) is 2.70. The van der Waals surface area contributed by atoms with E-state index in [2.05, 4.69) is 4.98 Å². The first kappa shape index (κ1) is 9.52. The minimum Gasteiger partial charge on any atom is -0.298 e. The minimum absolute atomic E-state index is 0.314. The van der Waals surface area contributed by atoms with E-state index in [1.165, 1.54) is 18.3 Å². The second-order valence-electron chi connectivity index (χ2n) is 3.10. The molecule has 2 aromatic rings. The van der Waals surface area contributed by atoms with E-state index in [1.54, 1.807) is 24.3 Å². The van der Waals surface area contributed by atoms with E-state index in [4.69, 9.17) is 0 Å². The van der Waals surface area contributed by atoms with Crippen LogP contribution < -0.4 is 0 Å². The Kier molecular flexibility index (Phi) is 2.54. The third-order valence-electron chi connectivity index (χ3n) is 2.04. The fourth-order valence-electron chi connectivity index (χ4n) is 1.33. The van der Waals surface area contributed by atoms with Crippen LogP contribution in [0.15, 0.2) is 42.6 Å². The lowest BCUT2D eigenvalue weighted by Gasteiger charge is -2.00. The highest BCUT2D eigenvalue weighted by molar-refractivity contribution is 5.77. The van der Waals surface area contributed by atoms with Gasteiger partial charge in [-0.2, -0.15) is 0 Å². The molecular weight excluding hydrogens is 193 g/mol. The molecule has 0 aliphatic carbocycles. The van der Waals surface area contributed by atoms with Gasteiger partial charge in [-0.05, 0) is 24.3 Å². The molecule has 0 fully saturated rings. The third-order valence-corrected chi connectivity index (χ3v) is 2.04. The van der Waals surface area contributed by atoms with E-state index in [1.807, 2.05) is 0 Å². The molecule has 3 heteroatoms. The quantitative estimate of drug-likeness (QED) is 0.699.